The Bertz CT molecular complexity index is 1030. The van der Waals surface area contributed by atoms with Gasteiger partial charge in [0.15, 0.2) is 5.43 Å². The fraction of sp³-hybridized carbons (Fsp3) is 0.0556. The Morgan fingerprint density at radius 2 is 1.87 bits per heavy atom. The van der Waals surface area contributed by atoms with Gasteiger partial charge in [-0.15, -0.1) is 0 Å². The molecule has 23 heavy (non-hydrogen) atoms. The summed E-state index contributed by atoms with van der Waals surface area (Å²) in [5.74, 6) is 0.712. The van der Waals surface area contributed by atoms with Crippen LogP contribution in [0, 0.1) is 6.92 Å². The third kappa shape index (κ3) is 2.23. The van der Waals surface area contributed by atoms with Gasteiger partial charge in [-0.3, -0.25) is 13.9 Å². The first kappa shape index (κ1) is 13.5. The van der Waals surface area contributed by atoms with E-state index in [1.54, 1.807) is 18.6 Å². The molecule has 5 nitrogen and oxygen atoms in total. The van der Waals surface area contributed by atoms with Crippen molar-refractivity contribution in [1.29, 1.82) is 0 Å². The molecule has 112 valence electrons. The van der Waals surface area contributed by atoms with E-state index in [1.165, 1.54) is 0 Å². The van der Waals surface area contributed by atoms with Gasteiger partial charge >= 0.3 is 0 Å². The molecule has 0 N–H and O–H groups in total. The van der Waals surface area contributed by atoms with Crippen LogP contribution in [0.1, 0.15) is 5.69 Å². The average Bonchev–Trinajstić information content (AvgIpc) is 3.09. The van der Waals surface area contributed by atoms with E-state index in [9.17, 15) is 4.79 Å². The Balaban J connectivity index is 2.19. The summed E-state index contributed by atoms with van der Waals surface area (Å²) in [5, 5.41) is 0.600. The number of hydrogen-bond acceptors (Lipinski definition) is 3. The van der Waals surface area contributed by atoms with Gasteiger partial charge in [-0.1, -0.05) is 18.2 Å². The summed E-state index contributed by atoms with van der Waals surface area (Å²) in [5.41, 5.74) is 2.40. The zero-order valence-electron chi connectivity index (χ0n) is 12.5. The van der Waals surface area contributed by atoms with Crippen LogP contribution in [0.4, 0.5) is 0 Å². The number of rotatable bonds is 2. The number of hydrogen-bond donors (Lipinski definition) is 0. The van der Waals surface area contributed by atoms with Crippen LogP contribution in [-0.2, 0) is 0 Å². The summed E-state index contributed by atoms with van der Waals surface area (Å²) >= 11 is 0. The number of para-hydroxylation sites is 1. The molecule has 4 rings (SSSR count). The van der Waals surface area contributed by atoms with Crippen LogP contribution in [0.3, 0.4) is 0 Å². The lowest BCUT2D eigenvalue weighted by Gasteiger charge is -2.16. The highest BCUT2D eigenvalue weighted by Crippen LogP contribution is 2.20. The molecule has 0 saturated heterocycles. The maximum absolute atomic E-state index is 12.5. The lowest BCUT2D eigenvalue weighted by Crippen LogP contribution is -2.15. The molecule has 3 heterocycles. The fourth-order valence-corrected chi connectivity index (χ4v) is 2.69. The van der Waals surface area contributed by atoms with Gasteiger partial charge in [-0.25, -0.2) is 9.97 Å². The van der Waals surface area contributed by atoms with Crippen molar-refractivity contribution in [2.45, 2.75) is 6.92 Å². The molecule has 0 aliphatic rings. The molecule has 5 heteroatoms. The lowest BCUT2D eigenvalue weighted by molar-refractivity contribution is 0.913. The zero-order valence-corrected chi connectivity index (χ0v) is 12.5. The molecule has 0 aliphatic carbocycles. The van der Waals surface area contributed by atoms with Crippen molar-refractivity contribution in [2.75, 3.05) is 0 Å². The van der Waals surface area contributed by atoms with Gasteiger partial charge in [0, 0.05) is 29.8 Å². The summed E-state index contributed by atoms with van der Waals surface area (Å²) < 4.78 is 3.79. The quantitative estimate of drug-likeness (QED) is 0.572. The van der Waals surface area contributed by atoms with Crippen molar-refractivity contribution in [3.05, 3.63) is 83.2 Å². The summed E-state index contributed by atoms with van der Waals surface area (Å²) in [7, 11) is 0. The normalized spacial score (nSPS) is 11.0. The SMILES string of the molecule is Cc1ccc2c(=O)cc(-n3ccnc3)n(-c3ccccc3)c2n1. The minimum Gasteiger partial charge on any atom is -0.291 e. The van der Waals surface area contributed by atoms with E-state index in [-0.39, 0.29) is 5.43 Å². The predicted molar refractivity (Wildman–Crippen MR) is 89.2 cm³/mol. The largest absolute Gasteiger partial charge is 0.291 e. The molecule has 0 fully saturated rings. The molecule has 0 atom stereocenters. The molecule has 4 aromatic rings. The number of fused-ring (bicyclic) bond motifs is 1. The molecule has 0 amide bonds. The van der Waals surface area contributed by atoms with Crippen LogP contribution >= 0.6 is 0 Å². The number of nitrogens with zero attached hydrogens (tertiary/aromatic N) is 4. The number of pyridine rings is 2. The van der Waals surface area contributed by atoms with Crippen molar-refractivity contribution in [2.24, 2.45) is 0 Å². The molecule has 0 spiro atoms. The third-order valence-electron chi connectivity index (χ3n) is 3.76. The van der Waals surface area contributed by atoms with Crippen molar-refractivity contribution in [3.8, 4) is 11.5 Å². The highest BCUT2D eigenvalue weighted by atomic mass is 16.1. The third-order valence-corrected chi connectivity index (χ3v) is 3.76. The standard InChI is InChI=1S/C18H14N4O/c1-13-7-8-15-16(23)11-17(21-10-9-19-12-21)22(18(15)20-13)14-5-3-2-4-6-14/h2-12H,1H3. The van der Waals surface area contributed by atoms with Crippen molar-refractivity contribution >= 4 is 11.0 Å². The van der Waals surface area contributed by atoms with E-state index < -0.39 is 0 Å². The van der Waals surface area contributed by atoms with E-state index in [2.05, 4.69) is 9.97 Å². The molecule has 0 saturated carbocycles. The Kier molecular flexibility index (Phi) is 3.05. The topological polar surface area (TPSA) is 52.7 Å². The van der Waals surface area contributed by atoms with Crippen molar-refractivity contribution in [3.63, 3.8) is 0 Å². The minimum atomic E-state index is -0.0524. The monoisotopic (exact) mass is 302 g/mol. The summed E-state index contributed by atoms with van der Waals surface area (Å²) in [6, 6.07) is 15.2. The van der Waals surface area contributed by atoms with Gasteiger partial charge in [-0.05, 0) is 31.2 Å². The van der Waals surface area contributed by atoms with Crippen LogP contribution in [-0.4, -0.2) is 19.1 Å². The number of imidazole rings is 1. The molecule has 0 aliphatic heterocycles. The number of aryl methyl sites for hydroxylation is 1. The lowest BCUT2D eigenvalue weighted by atomic mass is 10.2. The Hall–Kier alpha value is -3.21. The number of benzene rings is 1. The van der Waals surface area contributed by atoms with E-state index in [4.69, 9.17) is 0 Å². The minimum absolute atomic E-state index is 0.0524. The van der Waals surface area contributed by atoms with Gasteiger partial charge in [0.25, 0.3) is 0 Å². The summed E-state index contributed by atoms with van der Waals surface area (Å²) in [4.78, 5) is 21.2. The fourth-order valence-electron chi connectivity index (χ4n) is 2.69. The maximum atomic E-state index is 12.5. The molecular weight excluding hydrogens is 288 g/mol. The second-order valence-corrected chi connectivity index (χ2v) is 5.33. The van der Waals surface area contributed by atoms with Crippen LogP contribution in [0.5, 0.6) is 0 Å². The summed E-state index contributed by atoms with van der Waals surface area (Å²) in [6.45, 7) is 1.92. The Morgan fingerprint density at radius 1 is 1.04 bits per heavy atom. The predicted octanol–water partition coefficient (Wildman–Crippen LogP) is 2.88. The number of aromatic nitrogens is 4. The van der Waals surface area contributed by atoms with Gasteiger partial charge in [0.2, 0.25) is 0 Å². The summed E-state index contributed by atoms with van der Waals surface area (Å²) in [6.07, 6.45) is 5.18. The maximum Gasteiger partial charge on any atom is 0.193 e. The van der Waals surface area contributed by atoms with Crippen LogP contribution in [0.15, 0.2) is 72.0 Å². The average molecular weight is 302 g/mol. The molecule has 0 radical (unpaired) electrons. The van der Waals surface area contributed by atoms with E-state index >= 15 is 0 Å². The molecule has 1 aromatic carbocycles. The second kappa shape index (κ2) is 5.21. The van der Waals surface area contributed by atoms with Crippen LogP contribution in [0.25, 0.3) is 22.5 Å². The second-order valence-electron chi connectivity index (χ2n) is 5.33. The van der Waals surface area contributed by atoms with Gasteiger partial charge in [-0.2, -0.15) is 0 Å². The Labute approximate surface area is 132 Å². The van der Waals surface area contributed by atoms with E-state index in [0.717, 1.165) is 11.4 Å². The molecule has 0 unspecified atom stereocenters. The van der Waals surface area contributed by atoms with Gasteiger partial charge in [0.05, 0.1) is 5.39 Å². The zero-order chi connectivity index (χ0) is 15.8. The molecular formula is C18H14N4O. The van der Waals surface area contributed by atoms with E-state index in [0.29, 0.717) is 16.9 Å². The van der Waals surface area contributed by atoms with Crippen molar-refractivity contribution < 1.29 is 0 Å². The smallest absolute Gasteiger partial charge is 0.193 e. The van der Waals surface area contributed by atoms with Gasteiger partial charge in [0.1, 0.15) is 17.8 Å². The first-order valence-corrected chi connectivity index (χ1v) is 7.31. The van der Waals surface area contributed by atoms with Crippen molar-refractivity contribution in [1.82, 2.24) is 19.1 Å². The highest BCUT2D eigenvalue weighted by Gasteiger charge is 2.13. The van der Waals surface area contributed by atoms with Crippen LogP contribution in [0.2, 0.25) is 0 Å². The Morgan fingerprint density at radius 3 is 2.61 bits per heavy atom. The van der Waals surface area contributed by atoms with E-state index in [1.807, 2.05) is 64.7 Å². The molecule has 0 bridgehead atoms. The first-order chi connectivity index (χ1) is 11.2. The van der Waals surface area contributed by atoms with Crippen LogP contribution < -0.4 is 5.43 Å². The highest BCUT2D eigenvalue weighted by molar-refractivity contribution is 5.78. The first-order valence-electron chi connectivity index (χ1n) is 7.31. The molecule has 3 aromatic heterocycles. The van der Waals surface area contributed by atoms with Gasteiger partial charge < -0.3 is 0 Å².